The van der Waals surface area contributed by atoms with Gasteiger partial charge in [-0.2, -0.15) is 0 Å². The summed E-state index contributed by atoms with van der Waals surface area (Å²) in [5.74, 6) is 0.639. The lowest BCUT2D eigenvalue weighted by Gasteiger charge is -2.18. The van der Waals surface area contributed by atoms with Gasteiger partial charge in [0, 0.05) is 29.1 Å². The van der Waals surface area contributed by atoms with Gasteiger partial charge >= 0.3 is 0 Å². The van der Waals surface area contributed by atoms with Crippen molar-refractivity contribution in [2.24, 2.45) is 0 Å². The van der Waals surface area contributed by atoms with Gasteiger partial charge in [-0.3, -0.25) is 4.79 Å². The van der Waals surface area contributed by atoms with Crippen molar-refractivity contribution < 1.29 is 14.3 Å². The molecule has 2 aromatic rings. The highest BCUT2D eigenvalue weighted by atomic mass is 79.9. The maximum Gasteiger partial charge on any atom is 0.261 e. The molecule has 2 rings (SSSR count). The van der Waals surface area contributed by atoms with Gasteiger partial charge in [0.1, 0.15) is 11.9 Å². The maximum absolute atomic E-state index is 12.1. The lowest BCUT2D eigenvalue weighted by Crippen LogP contribution is -2.28. The molecule has 1 amide bonds. The molecule has 0 unspecified atom stereocenters. The zero-order valence-electron chi connectivity index (χ0n) is 11.8. The van der Waals surface area contributed by atoms with Crippen LogP contribution >= 0.6 is 27.3 Å². The van der Waals surface area contributed by atoms with E-state index in [-0.39, 0.29) is 12.0 Å². The molecule has 0 saturated heterocycles. The third-order valence-electron chi connectivity index (χ3n) is 3.01. The molecule has 1 heterocycles. The molecule has 0 aliphatic rings. The normalized spacial score (nSPS) is 12.0. The summed E-state index contributed by atoms with van der Waals surface area (Å²) in [4.78, 5) is 12.7. The predicted octanol–water partition coefficient (Wildman–Crippen LogP) is 3.64. The lowest BCUT2D eigenvalue weighted by molar-refractivity contribution is 0.0822. The van der Waals surface area contributed by atoms with Gasteiger partial charge < -0.3 is 14.8 Å². The third kappa shape index (κ3) is 4.06. The molecule has 21 heavy (non-hydrogen) atoms. The number of carbonyl (C=O) groups excluding carboxylic acids is 1. The van der Waals surface area contributed by atoms with E-state index >= 15 is 0 Å². The van der Waals surface area contributed by atoms with Crippen molar-refractivity contribution in [1.82, 2.24) is 5.32 Å². The molecular weight excluding hydrogens is 354 g/mol. The molecule has 1 atom stereocenters. The number of amides is 1. The molecule has 0 fully saturated rings. The van der Waals surface area contributed by atoms with E-state index in [2.05, 4.69) is 21.2 Å². The third-order valence-corrected chi connectivity index (χ3v) is 4.70. The first-order valence-electron chi connectivity index (χ1n) is 6.33. The minimum atomic E-state index is -0.256. The summed E-state index contributed by atoms with van der Waals surface area (Å²) in [5, 5.41) is 4.76. The van der Waals surface area contributed by atoms with Crippen LogP contribution in [0.3, 0.4) is 0 Å². The smallest absolute Gasteiger partial charge is 0.261 e. The summed E-state index contributed by atoms with van der Waals surface area (Å²) in [6.45, 7) is 0.380. The Balaban J connectivity index is 2.04. The molecule has 0 spiro atoms. The van der Waals surface area contributed by atoms with E-state index in [0.29, 0.717) is 11.4 Å². The van der Waals surface area contributed by atoms with E-state index in [9.17, 15) is 4.79 Å². The van der Waals surface area contributed by atoms with Gasteiger partial charge in [-0.15, -0.1) is 11.3 Å². The number of para-hydroxylation sites is 1. The number of ether oxygens (including phenoxy) is 2. The molecule has 6 heteroatoms. The largest absolute Gasteiger partial charge is 0.496 e. The van der Waals surface area contributed by atoms with Crippen molar-refractivity contribution in [2.45, 2.75) is 6.10 Å². The number of thiophene rings is 1. The molecule has 0 aliphatic heterocycles. The second-order valence-corrected chi connectivity index (χ2v) is 6.13. The first-order chi connectivity index (χ1) is 10.2. The van der Waals surface area contributed by atoms with Crippen LogP contribution < -0.4 is 10.1 Å². The summed E-state index contributed by atoms with van der Waals surface area (Å²) >= 11 is 4.73. The summed E-state index contributed by atoms with van der Waals surface area (Å²) in [5.41, 5.74) is 0.912. The van der Waals surface area contributed by atoms with Crippen LogP contribution in [0.4, 0.5) is 0 Å². The first-order valence-corrected chi connectivity index (χ1v) is 8.01. The molecule has 1 aromatic carbocycles. The summed E-state index contributed by atoms with van der Waals surface area (Å²) in [7, 11) is 3.23. The first kappa shape index (κ1) is 16.0. The molecule has 4 nitrogen and oxygen atoms in total. The van der Waals surface area contributed by atoms with Gasteiger partial charge in [0.05, 0.1) is 12.0 Å². The van der Waals surface area contributed by atoms with Crippen LogP contribution in [-0.2, 0) is 4.74 Å². The van der Waals surface area contributed by atoms with Crippen LogP contribution in [0, 0.1) is 0 Å². The van der Waals surface area contributed by atoms with Crippen LogP contribution in [0.15, 0.2) is 40.2 Å². The van der Waals surface area contributed by atoms with E-state index in [4.69, 9.17) is 9.47 Å². The highest BCUT2D eigenvalue weighted by molar-refractivity contribution is 9.10. The molecule has 0 saturated carbocycles. The van der Waals surface area contributed by atoms with Crippen LogP contribution in [0.5, 0.6) is 5.75 Å². The highest BCUT2D eigenvalue weighted by Gasteiger charge is 2.17. The Kier molecular flexibility index (Phi) is 5.78. The van der Waals surface area contributed by atoms with Gasteiger partial charge in [0.15, 0.2) is 0 Å². The van der Waals surface area contributed by atoms with Crippen molar-refractivity contribution in [3.05, 3.63) is 50.6 Å². The van der Waals surface area contributed by atoms with Crippen molar-refractivity contribution in [3.63, 3.8) is 0 Å². The topological polar surface area (TPSA) is 47.6 Å². The van der Waals surface area contributed by atoms with Gasteiger partial charge in [0.25, 0.3) is 5.91 Å². The fraction of sp³-hybridized carbons (Fsp3) is 0.267. The van der Waals surface area contributed by atoms with E-state index in [1.807, 2.05) is 29.6 Å². The second kappa shape index (κ2) is 7.59. The quantitative estimate of drug-likeness (QED) is 0.845. The monoisotopic (exact) mass is 369 g/mol. The number of halogens is 1. The maximum atomic E-state index is 12.1. The van der Waals surface area contributed by atoms with Crippen LogP contribution in [-0.4, -0.2) is 26.7 Å². The standard InChI is InChI=1S/C15H16BrNO3S/c1-19-12-6-4-3-5-11(12)13(20-2)8-17-15(18)14-7-10(16)9-21-14/h3-7,9,13H,8H2,1-2H3,(H,17,18)/t13-/m1/s1. The highest BCUT2D eigenvalue weighted by Crippen LogP contribution is 2.26. The fourth-order valence-electron chi connectivity index (χ4n) is 1.96. The minimum Gasteiger partial charge on any atom is -0.496 e. The molecular formula is C15H16BrNO3S. The second-order valence-electron chi connectivity index (χ2n) is 4.31. The van der Waals surface area contributed by atoms with E-state index < -0.39 is 0 Å². The van der Waals surface area contributed by atoms with E-state index in [1.54, 1.807) is 20.3 Å². The minimum absolute atomic E-state index is 0.109. The molecule has 1 N–H and O–H groups in total. The van der Waals surface area contributed by atoms with Crippen LogP contribution in [0.2, 0.25) is 0 Å². The van der Waals surface area contributed by atoms with Crippen molar-refractivity contribution in [1.29, 1.82) is 0 Å². The number of benzene rings is 1. The number of methoxy groups -OCH3 is 2. The zero-order chi connectivity index (χ0) is 15.2. The van der Waals surface area contributed by atoms with Crippen molar-refractivity contribution >= 4 is 33.2 Å². The number of hydrogen-bond donors (Lipinski definition) is 1. The Labute approximate surface area is 136 Å². The number of hydrogen-bond acceptors (Lipinski definition) is 4. The molecule has 1 aromatic heterocycles. The summed E-state index contributed by atoms with van der Waals surface area (Å²) in [6.07, 6.45) is -0.256. The number of rotatable bonds is 6. The van der Waals surface area contributed by atoms with Crippen molar-refractivity contribution in [3.8, 4) is 5.75 Å². The summed E-state index contributed by atoms with van der Waals surface area (Å²) < 4.78 is 11.7. The number of carbonyl (C=O) groups is 1. The Morgan fingerprint density at radius 1 is 1.38 bits per heavy atom. The Morgan fingerprint density at radius 2 is 2.14 bits per heavy atom. The zero-order valence-corrected chi connectivity index (χ0v) is 14.2. The van der Waals surface area contributed by atoms with E-state index in [0.717, 1.165) is 15.8 Å². The average Bonchev–Trinajstić information content (AvgIpc) is 2.94. The molecule has 0 bridgehead atoms. The van der Waals surface area contributed by atoms with Crippen LogP contribution in [0.25, 0.3) is 0 Å². The SMILES string of the molecule is COc1ccccc1[C@@H](CNC(=O)c1cc(Br)cs1)OC. The predicted molar refractivity (Wildman–Crippen MR) is 87.1 cm³/mol. The average molecular weight is 370 g/mol. The Hall–Kier alpha value is -1.37. The molecule has 112 valence electrons. The van der Waals surface area contributed by atoms with Gasteiger partial charge in [-0.1, -0.05) is 18.2 Å². The van der Waals surface area contributed by atoms with Gasteiger partial charge in [0.2, 0.25) is 0 Å². The van der Waals surface area contributed by atoms with Crippen molar-refractivity contribution in [2.75, 3.05) is 20.8 Å². The van der Waals surface area contributed by atoms with Gasteiger partial charge in [-0.25, -0.2) is 0 Å². The molecule has 0 aliphatic carbocycles. The van der Waals surface area contributed by atoms with E-state index in [1.165, 1.54) is 11.3 Å². The Bertz CT molecular complexity index is 614. The fourth-order valence-corrected chi connectivity index (χ4v) is 3.30. The Morgan fingerprint density at radius 3 is 2.76 bits per heavy atom. The number of nitrogens with one attached hydrogen (secondary N) is 1. The van der Waals surface area contributed by atoms with Crippen LogP contribution in [0.1, 0.15) is 21.3 Å². The summed E-state index contributed by atoms with van der Waals surface area (Å²) in [6, 6.07) is 9.42. The van der Waals surface area contributed by atoms with Gasteiger partial charge in [-0.05, 0) is 28.1 Å². The lowest BCUT2D eigenvalue weighted by atomic mass is 10.1. The molecule has 0 radical (unpaired) electrons.